The van der Waals surface area contributed by atoms with Crippen LogP contribution in [0, 0.1) is 0 Å². The average Bonchev–Trinajstić information content (AvgIpc) is 2.74. The van der Waals surface area contributed by atoms with Crippen LogP contribution in [0.4, 0.5) is 4.79 Å². The van der Waals surface area contributed by atoms with Crippen LogP contribution < -0.4 is 5.32 Å². The topological polar surface area (TPSA) is 79.0 Å². The third kappa shape index (κ3) is 6.31. The van der Waals surface area contributed by atoms with Crippen molar-refractivity contribution in [2.45, 2.75) is 49.5 Å². The summed E-state index contributed by atoms with van der Waals surface area (Å²) >= 11 is 5.83. The van der Waals surface area contributed by atoms with Gasteiger partial charge in [0.25, 0.3) is 0 Å². The van der Waals surface area contributed by atoms with E-state index in [0.717, 1.165) is 19.3 Å². The van der Waals surface area contributed by atoms with Gasteiger partial charge in [-0.25, -0.2) is 13.2 Å². The van der Waals surface area contributed by atoms with Gasteiger partial charge in [0.15, 0.2) is 0 Å². The summed E-state index contributed by atoms with van der Waals surface area (Å²) in [7, 11) is -3.56. The molecule has 2 amide bonds. The fraction of sp³-hybridized carbons (Fsp3) is 0.650. The average molecular weight is 444 g/mol. The van der Waals surface area contributed by atoms with Crippen LogP contribution in [0.25, 0.3) is 0 Å². The van der Waals surface area contributed by atoms with E-state index in [9.17, 15) is 13.2 Å². The molecule has 1 N–H and O–H groups in total. The van der Waals surface area contributed by atoms with Gasteiger partial charge in [-0.2, -0.15) is 4.31 Å². The fourth-order valence-corrected chi connectivity index (χ4v) is 5.30. The van der Waals surface area contributed by atoms with Gasteiger partial charge in [0.1, 0.15) is 0 Å². The third-order valence-electron chi connectivity index (χ3n) is 5.48. The molecule has 1 aliphatic heterocycles. The van der Waals surface area contributed by atoms with Gasteiger partial charge >= 0.3 is 6.03 Å². The monoisotopic (exact) mass is 443 g/mol. The van der Waals surface area contributed by atoms with Crippen molar-refractivity contribution in [2.24, 2.45) is 0 Å². The van der Waals surface area contributed by atoms with Crippen molar-refractivity contribution < 1.29 is 17.9 Å². The second kappa shape index (κ2) is 10.6. The smallest absolute Gasteiger partial charge is 0.317 e. The third-order valence-corrected chi connectivity index (χ3v) is 7.65. The molecule has 1 aromatic rings. The second-order valence-electron chi connectivity index (χ2n) is 7.56. The predicted molar refractivity (Wildman–Crippen MR) is 113 cm³/mol. The summed E-state index contributed by atoms with van der Waals surface area (Å²) in [6, 6.07) is 6.00. The maximum atomic E-state index is 12.7. The summed E-state index contributed by atoms with van der Waals surface area (Å²) in [4.78, 5) is 14.2. The number of urea groups is 1. The van der Waals surface area contributed by atoms with Crippen LogP contribution in [-0.4, -0.2) is 69.1 Å². The summed E-state index contributed by atoms with van der Waals surface area (Å²) in [5.41, 5.74) is 0. The SMILES string of the molecule is O=C(NCCCOC1CCCCC1)N1CCN(S(=O)(=O)c2ccc(Cl)cc2)CC1. The first-order valence-corrected chi connectivity index (χ1v) is 12.2. The molecule has 29 heavy (non-hydrogen) atoms. The zero-order chi connectivity index (χ0) is 20.7. The number of nitrogens with zero attached hydrogens (tertiary/aromatic N) is 2. The molecule has 9 heteroatoms. The number of hydrogen-bond acceptors (Lipinski definition) is 4. The summed E-state index contributed by atoms with van der Waals surface area (Å²) in [6.45, 7) is 2.54. The Hall–Kier alpha value is -1.35. The van der Waals surface area contributed by atoms with Crippen LogP contribution in [0.1, 0.15) is 38.5 Å². The summed E-state index contributed by atoms with van der Waals surface area (Å²) < 4.78 is 32.7. The number of piperazine rings is 1. The molecule has 1 aromatic carbocycles. The van der Waals surface area contributed by atoms with Gasteiger partial charge in [-0.05, 0) is 43.5 Å². The van der Waals surface area contributed by atoms with Crippen LogP contribution in [-0.2, 0) is 14.8 Å². The zero-order valence-corrected chi connectivity index (χ0v) is 18.3. The molecule has 0 bridgehead atoms. The maximum Gasteiger partial charge on any atom is 0.317 e. The molecule has 0 radical (unpaired) electrons. The van der Waals surface area contributed by atoms with Crippen LogP contribution in [0.3, 0.4) is 0 Å². The van der Waals surface area contributed by atoms with E-state index in [0.29, 0.717) is 37.4 Å². The van der Waals surface area contributed by atoms with Crippen molar-refractivity contribution in [2.75, 3.05) is 39.3 Å². The molecule has 1 saturated heterocycles. The first kappa shape index (κ1) is 22.3. The minimum absolute atomic E-state index is 0.147. The Morgan fingerprint density at radius 3 is 2.38 bits per heavy atom. The Kier molecular flexibility index (Phi) is 8.17. The van der Waals surface area contributed by atoms with E-state index in [4.69, 9.17) is 16.3 Å². The van der Waals surface area contributed by atoms with E-state index in [1.165, 1.54) is 35.7 Å². The van der Waals surface area contributed by atoms with Gasteiger partial charge < -0.3 is 15.0 Å². The standard InChI is InChI=1S/C20H30ClN3O4S/c21-17-7-9-19(10-8-17)29(26,27)24-14-12-23(13-15-24)20(25)22-11-4-16-28-18-5-2-1-3-6-18/h7-10,18H,1-6,11-16H2,(H,22,25). The number of halogens is 1. The van der Waals surface area contributed by atoms with Crippen molar-refractivity contribution in [3.63, 3.8) is 0 Å². The van der Waals surface area contributed by atoms with E-state index < -0.39 is 10.0 Å². The van der Waals surface area contributed by atoms with Crippen LogP contribution in [0.5, 0.6) is 0 Å². The Morgan fingerprint density at radius 2 is 1.72 bits per heavy atom. The first-order valence-electron chi connectivity index (χ1n) is 10.4. The summed E-state index contributed by atoms with van der Waals surface area (Å²) in [5, 5.41) is 3.40. The highest BCUT2D eigenvalue weighted by Crippen LogP contribution is 2.21. The minimum atomic E-state index is -3.56. The molecular formula is C20H30ClN3O4S. The number of hydrogen-bond donors (Lipinski definition) is 1. The van der Waals surface area contributed by atoms with E-state index in [1.54, 1.807) is 17.0 Å². The lowest BCUT2D eigenvalue weighted by molar-refractivity contribution is 0.0274. The van der Waals surface area contributed by atoms with Gasteiger partial charge in [0.05, 0.1) is 11.0 Å². The molecule has 3 rings (SSSR count). The van der Waals surface area contributed by atoms with E-state index in [2.05, 4.69) is 5.32 Å². The summed E-state index contributed by atoms with van der Waals surface area (Å²) in [6.07, 6.45) is 7.28. The van der Waals surface area contributed by atoms with Crippen molar-refractivity contribution in [3.8, 4) is 0 Å². The van der Waals surface area contributed by atoms with Gasteiger partial charge in [-0.15, -0.1) is 0 Å². The number of sulfonamides is 1. The van der Waals surface area contributed by atoms with Crippen LogP contribution in [0.15, 0.2) is 29.2 Å². The molecule has 0 atom stereocenters. The van der Waals surface area contributed by atoms with Crippen molar-refractivity contribution >= 4 is 27.7 Å². The Labute approximate surface area is 178 Å². The summed E-state index contributed by atoms with van der Waals surface area (Å²) in [5.74, 6) is 0. The molecule has 0 aromatic heterocycles. The van der Waals surface area contributed by atoms with Gasteiger partial charge in [0.2, 0.25) is 10.0 Å². The number of rotatable bonds is 7. The molecule has 1 aliphatic carbocycles. The molecule has 0 unspecified atom stereocenters. The first-order chi connectivity index (χ1) is 14.0. The van der Waals surface area contributed by atoms with Crippen LogP contribution in [0.2, 0.25) is 5.02 Å². The zero-order valence-electron chi connectivity index (χ0n) is 16.7. The lowest BCUT2D eigenvalue weighted by atomic mass is 9.98. The number of benzene rings is 1. The molecule has 1 heterocycles. The van der Waals surface area contributed by atoms with Gasteiger partial charge in [-0.3, -0.25) is 0 Å². The number of carbonyl (C=O) groups excluding carboxylic acids is 1. The second-order valence-corrected chi connectivity index (χ2v) is 9.94. The fourth-order valence-electron chi connectivity index (χ4n) is 3.75. The maximum absolute atomic E-state index is 12.7. The highest BCUT2D eigenvalue weighted by molar-refractivity contribution is 7.89. The number of carbonyl (C=O) groups is 1. The predicted octanol–water partition coefficient (Wildman–Crippen LogP) is 3.10. The van der Waals surface area contributed by atoms with Crippen molar-refractivity contribution in [3.05, 3.63) is 29.3 Å². The number of nitrogens with one attached hydrogen (secondary N) is 1. The number of amides is 2. The highest BCUT2D eigenvalue weighted by Gasteiger charge is 2.30. The lowest BCUT2D eigenvalue weighted by Crippen LogP contribution is -2.53. The number of ether oxygens (including phenoxy) is 1. The molecular weight excluding hydrogens is 414 g/mol. The molecule has 162 valence electrons. The van der Waals surface area contributed by atoms with Gasteiger partial charge in [-0.1, -0.05) is 30.9 Å². The highest BCUT2D eigenvalue weighted by atomic mass is 35.5. The molecule has 2 aliphatic rings. The normalized spacial score (nSPS) is 19.3. The van der Waals surface area contributed by atoms with Crippen molar-refractivity contribution in [1.82, 2.24) is 14.5 Å². The molecule has 7 nitrogen and oxygen atoms in total. The largest absolute Gasteiger partial charge is 0.378 e. The quantitative estimate of drug-likeness (QED) is 0.657. The Balaban J connectivity index is 1.36. The Bertz CT molecular complexity index is 758. The Morgan fingerprint density at radius 1 is 1.07 bits per heavy atom. The molecule has 1 saturated carbocycles. The van der Waals surface area contributed by atoms with Gasteiger partial charge in [0, 0.05) is 44.4 Å². The molecule has 2 fully saturated rings. The lowest BCUT2D eigenvalue weighted by Gasteiger charge is -2.34. The minimum Gasteiger partial charge on any atom is -0.378 e. The van der Waals surface area contributed by atoms with Crippen LogP contribution >= 0.6 is 11.6 Å². The van der Waals surface area contributed by atoms with E-state index in [-0.39, 0.29) is 24.0 Å². The van der Waals surface area contributed by atoms with E-state index >= 15 is 0 Å². The molecule has 0 spiro atoms. The van der Waals surface area contributed by atoms with E-state index in [1.807, 2.05) is 0 Å². The van der Waals surface area contributed by atoms with Crippen molar-refractivity contribution in [1.29, 1.82) is 0 Å².